The fourth-order valence-corrected chi connectivity index (χ4v) is 0.638. The van der Waals surface area contributed by atoms with Crippen molar-refractivity contribution in [2.24, 2.45) is 5.92 Å². The largest absolute Gasteiger partial charge is 0.389 e. The lowest BCUT2D eigenvalue weighted by atomic mass is 9.93. The number of halogens is 2. The van der Waals surface area contributed by atoms with Crippen molar-refractivity contribution in [3.63, 3.8) is 0 Å². The molecule has 4 heteroatoms. The highest BCUT2D eigenvalue weighted by molar-refractivity contribution is 4.78. The van der Waals surface area contributed by atoms with Crippen molar-refractivity contribution < 1.29 is 13.9 Å². The third-order valence-corrected chi connectivity index (χ3v) is 2.03. The van der Waals surface area contributed by atoms with Gasteiger partial charge >= 0.3 is 0 Å². The van der Waals surface area contributed by atoms with E-state index in [9.17, 15) is 13.9 Å². The lowest BCUT2D eigenvalue weighted by Crippen LogP contribution is -2.43. The molecule has 0 heterocycles. The molecular weight excluding hydrogens is 164 g/mol. The second-order valence-corrected chi connectivity index (χ2v) is 3.53. The van der Waals surface area contributed by atoms with E-state index in [1.54, 1.807) is 6.92 Å². The first-order valence-corrected chi connectivity index (χ1v) is 4.07. The molecule has 1 atom stereocenters. The fourth-order valence-electron chi connectivity index (χ4n) is 0.638. The van der Waals surface area contributed by atoms with Gasteiger partial charge in [-0.3, -0.25) is 0 Å². The van der Waals surface area contributed by atoms with Gasteiger partial charge in [-0.15, -0.1) is 0 Å². The molecule has 0 saturated carbocycles. The molecule has 1 unspecified atom stereocenters. The van der Waals surface area contributed by atoms with E-state index in [-0.39, 0.29) is 19.0 Å². The van der Waals surface area contributed by atoms with Gasteiger partial charge in [-0.1, -0.05) is 13.8 Å². The molecular formula is C8H17F2NO. The molecule has 0 radical (unpaired) electrons. The molecule has 0 aromatic rings. The zero-order chi connectivity index (χ0) is 9.78. The molecule has 2 N–H and O–H groups in total. The van der Waals surface area contributed by atoms with Crippen molar-refractivity contribution in [2.75, 3.05) is 13.1 Å². The summed E-state index contributed by atoms with van der Waals surface area (Å²) >= 11 is 0. The third kappa shape index (κ3) is 4.62. The normalized spacial score (nSPS) is 17.0. The Bertz CT molecular complexity index is 126. The Morgan fingerprint density at radius 1 is 1.42 bits per heavy atom. The van der Waals surface area contributed by atoms with E-state index in [2.05, 4.69) is 5.32 Å². The van der Waals surface area contributed by atoms with E-state index in [0.717, 1.165) is 0 Å². The summed E-state index contributed by atoms with van der Waals surface area (Å²) in [6, 6.07) is 0. The Morgan fingerprint density at radius 3 is 2.25 bits per heavy atom. The Kier molecular flexibility index (Phi) is 4.63. The number of hydrogen-bond acceptors (Lipinski definition) is 2. The summed E-state index contributed by atoms with van der Waals surface area (Å²) in [4.78, 5) is 0. The lowest BCUT2D eigenvalue weighted by Gasteiger charge is -2.27. The smallest absolute Gasteiger partial charge is 0.250 e. The van der Waals surface area contributed by atoms with Gasteiger partial charge in [0.25, 0.3) is 6.43 Å². The zero-order valence-corrected chi connectivity index (χ0v) is 7.77. The minimum Gasteiger partial charge on any atom is -0.389 e. The number of alkyl halides is 2. The van der Waals surface area contributed by atoms with Crippen molar-refractivity contribution in [1.29, 1.82) is 0 Å². The first-order valence-electron chi connectivity index (χ1n) is 4.07. The molecule has 2 nitrogen and oxygen atoms in total. The van der Waals surface area contributed by atoms with Gasteiger partial charge < -0.3 is 10.4 Å². The van der Waals surface area contributed by atoms with Gasteiger partial charge in [0.15, 0.2) is 0 Å². The summed E-state index contributed by atoms with van der Waals surface area (Å²) in [6.07, 6.45) is -2.35. The van der Waals surface area contributed by atoms with Crippen molar-refractivity contribution in [2.45, 2.75) is 32.8 Å². The van der Waals surface area contributed by atoms with Crippen molar-refractivity contribution in [1.82, 2.24) is 5.32 Å². The van der Waals surface area contributed by atoms with Gasteiger partial charge in [0.05, 0.1) is 12.1 Å². The summed E-state index contributed by atoms with van der Waals surface area (Å²) in [6.45, 7) is 5.18. The number of aliphatic hydroxyl groups is 1. The molecule has 74 valence electrons. The van der Waals surface area contributed by atoms with Crippen LogP contribution in [0.2, 0.25) is 0 Å². The SMILES string of the molecule is CC(C)C(C)(O)CNCC(F)F. The molecule has 0 spiro atoms. The fraction of sp³-hybridized carbons (Fsp3) is 1.00. The predicted octanol–water partition coefficient (Wildman–Crippen LogP) is 1.25. The minimum atomic E-state index is -2.35. The lowest BCUT2D eigenvalue weighted by molar-refractivity contribution is 0.0106. The maximum Gasteiger partial charge on any atom is 0.250 e. The van der Waals surface area contributed by atoms with Crippen LogP contribution in [0.3, 0.4) is 0 Å². The van der Waals surface area contributed by atoms with Crippen LogP contribution in [0.25, 0.3) is 0 Å². The van der Waals surface area contributed by atoms with Crippen molar-refractivity contribution in [3.05, 3.63) is 0 Å². The molecule has 0 saturated heterocycles. The first kappa shape index (κ1) is 11.8. The minimum absolute atomic E-state index is 0.0580. The monoisotopic (exact) mass is 181 g/mol. The summed E-state index contributed by atoms with van der Waals surface area (Å²) in [5, 5.41) is 12.1. The van der Waals surface area contributed by atoms with E-state index in [1.807, 2.05) is 13.8 Å². The molecule has 0 amide bonds. The van der Waals surface area contributed by atoms with E-state index >= 15 is 0 Å². The summed E-state index contributed by atoms with van der Waals surface area (Å²) in [5.41, 5.74) is -0.908. The van der Waals surface area contributed by atoms with Gasteiger partial charge in [-0.05, 0) is 12.8 Å². The van der Waals surface area contributed by atoms with Gasteiger partial charge in [0.1, 0.15) is 0 Å². The number of hydrogen-bond donors (Lipinski definition) is 2. The highest BCUT2D eigenvalue weighted by Gasteiger charge is 2.24. The third-order valence-electron chi connectivity index (χ3n) is 2.03. The average Bonchev–Trinajstić information content (AvgIpc) is 1.85. The maximum atomic E-state index is 11.7. The molecule has 0 aromatic heterocycles. The summed E-state index contributed by atoms with van der Waals surface area (Å²) in [5.74, 6) is 0.0580. The Balaban J connectivity index is 3.61. The Morgan fingerprint density at radius 2 is 1.92 bits per heavy atom. The number of nitrogens with one attached hydrogen (secondary N) is 1. The van der Waals surface area contributed by atoms with Crippen molar-refractivity contribution in [3.8, 4) is 0 Å². The topological polar surface area (TPSA) is 32.3 Å². The van der Waals surface area contributed by atoms with Crippen LogP contribution in [0, 0.1) is 5.92 Å². The summed E-state index contributed by atoms with van der Waals surface area (Å²) < 4.78 is 23.3. The van der Waals surface area contributed by atoms with Crippen LogP contribution in [-0.2, 0) is 0 Å². The van der Waals surface area contributed by atoms with Crippen LogP contribution >= 0.6 is 0 Å². The van der Waals surface area contributed by atoms with Crippen LogP contribution in [0.15, 0.2) is 0 Å². The Hall–Kier alpha value is -0.220. The average molecular weight is 181 g/mol. The van der Waals surface area contributed by atoms with Gasteiger partial charge in [0.2, 0.25) is 0 Å². The second-order valence-electron chi connectivity index (χ2n) is 3.53. The van der Waals surface area contributed by atoms with Crippen LogP contribution < -0.4 is 5.32 Å². The second kappa shape index (κ2) is 4.72. The van der Waals surface area contributed by atoms with E-state index in [4.69, 9.17) is 0 Å². The number of rotatable bonds is 5. The zero-order valence-electron chi connectivity index (χ0n) is 7.77. The molecule has 0 bridgehead atoms. The predicted molar refractivity (Wildman–Crippen MR) is 44.3 cm³/mol. The standard InChI is InChI=1S/C8H17F2NO/c1-6(2)8(3,12)5-11-4-7(9)10/h6-7,11-12H,4-5H2,1-3H3. The highest BCUT2D eigenvalue weighted by atomic mass is 19.3. The van der Waals surface area contributed by atoms with Crippen molar-refractivity contribution >= 4 is 0 Å². The molecule has 0 aliphatic carbocycles. The quantitative estimate of drug-likeness (QED) is 0.669. The van der Waals surface area contributed by atoms with Crippen LogP contribution in [0.4, 0.5) is 8.78 Å². The van der Waals surface area contributed by atoms with E-state index in [0.29, 0.717) is 0 Å². The molecule has 0 rings (SSSR count). The van der Waals surface area contributed by atoms with Crippen LogP contribution in [0.5, 0.6) is 0 Å². The van der Waals surface area contributed by atoms with Gasteiger partial charge in [0, 0.05) is 6.54 Å². The molecule has 0 aliphatic rings. The Labute approximate surface area is 72.0 Å². The molecule has 0 aliphatic heterocycles. The van der Waals surface area contributed by atoms with E-state index < -0.39 is 12.0 Å². The van der Waals surface area contributed by atoms with E-state index in [1.165, 1.54) is 0 Å². The molecule has 0 fully saturated rings. The van der Waals surface area contributed by atoms with Crippen LogP contribution in [-0.4, -0.2) is 30.2 Å². The maximum absolute atomic E-state index is 11.7. The van der Waals surface area contributed by atoms with Gasteiger partial charge in [-0.25, -0.2) is 8.78 Å². The van der Waals surface area contributed by atoms with Crippen LogP contribution in [0.1, 0.15) is 20.8 Å². The molecule has 0 aromatic carbocycles. The van der Waals surface area contributed by atoms with Gasteiger partial charge in [-0.2, -0.15) is 0 Å². The molecule has 12 heavy (non-hydrogen) atoms. The summed E-state index contributed by atoms with van der Waals surface area (Å²) in [7, 11) is 0. The first-order chi connectivity index (χ1) is 5.36. The highest BCUT2D eigenvalue weighted by Crippen LogP contribution is 2.14.